The van der Waals surface area contributed by atoms with Gasteiger partial charge in [-0.05, 0) is 6.07 Å². The van der Waals surface area contributed by atoms with E-state index in [0.717, 1.165) is 11.3 Å². The van der Waals surface area contributed by atoms with Crippen molar-refractivity contribution in [3.63, 3.8) is 0 Å². The summed E-state index contributed by atoms with van der Waals surface area (Å²) in [6.45, 7) is 0. The van der Waals surface area contributed by atoms with E-state index in [1.54, 1.807) is 19.3 Å². The highest BCUT2D eigenvalue weighted by Crippen LogP contribution is 2.18. The Balaban J connectivity index is 2.75. The van der Waals surface area contributed by atoms with Crippen LogP contribution in [0.4, 0.5) is 0 Å². The number of rotatable bonds is 4. The molecule has 0 spiro atoms. The van der Waals surface area contributed by atoms with Gasteiger partial charge in [0.15, 0.2) is 0 Å². The lowest BCUT2D eigenvalue weighted by Crippen LogP contribution is -2.04. The second-order valence-electron chi connectivity index (χ2n) is 2.86. The molecule has 78 valence electrons. The minimum atomic E-state index is -0.459. The highest BCUT2D eigenvalue weighted by Gasteiger charge is 1.94. The summed E-state index contributed by atoms with van der Waals surface area (Å²) >= 11 is 0. The lowest BCUT2D eigenvalue weighted by Gasteiger charge is -2.02. The van der Waals surface area contributed by atoms with Crippen LogP contribution in [0, 0.1) is 0 Å². The maximum Gasteiger partial charge on any atom is 0.241 e. The van der Waals surface area contributed by atoms with Crippen molar-refractivity contribution >= 4 is 12.0 Å². The number of para-hydroxylation sites is 1. The van der Waals surface area contributed by atoms with Crippen LogP contribution < -0.4 is 10.5 Å². The molecule has 0 fully saturated rings. The van der Waals surface area contributed by atoms with E-state index in [2.05, 4.69) is 0 Å². The van der Waals surface area contributed by atoms with Gasteiger partial charge in [-0.2, -0.15) is 0 Å². The van der Waals surface area contributed by atoms with E-state index in [1.165, 1.54) is 6.08 Å². The zero-order valence-electron chi connectivity index (χ0n) is 8.51. The molecule has 0 saturated carbocycles. The van der Waals surface area contributed by atoms with E-state index in [-0.39, 0.29) is 0 Å². The molecule has 1 aromatic rings. The molecule has 0 saturated heterocycles. The number of ether oxygens (including phenoxy) is 1. The molecule has 3 heteroatoms. The first-order valence-electron chi connectivity index (χ1n) is 4.51. The van der Waals surface area contributed by atoms with Gasteiger partial charge in [-0.3, -0.25) is 4.79 Å². The summed E-state index contributed by atoms with van der Waals surface area (Å²) in [5.41, 5.74) is 5.90. The molecule has 0 aromatic heterocycles. The smallest absolute Gasteiger partial charge is 0.241 e. The molecular formula is C12H13NO2. The van der Waals surface area contributed by atoms with Crippen molar-refractivity contribution in [3.8, 4) is 5.75 Å². The minimum absolute atomic E-state index is 0.459. The van der Waals surface area contributed by atoms with Crippen LogP contribution in [0.1, 0.15) is 5.56 Å². The normalized spacial score (nSPS) is 11.0. The number of hydrogen-bond acceptors (Lipinski definition) is 2. The highest BCUT2D eigenvalue weighted by atomic mass is 16.5. The van der Waals surface area contributed by atoms with Crippen LogP contribution in [0.3, 0.4) is 0 Å². The van der Waals surface area contributed by atoms with Gasteiger partial charge >= 0.3 is 0 Å². The number of hydrogen-bond donors (Lipinski definition) is 1. The molecule has 0 bridgehead atoms. The zero-order valence-corrected chi connectivity index (χ0v) is 8.51. The summed E-state index contributed by atoms with van der Waals surface area (Å²) in [6.07, 6.45) is 6.47. The van der Waals surface area contributed by atoms with E-state index in [4.69, 9.17) is 10.5 Å². The van der Waals surface area contributed by atoms with Gasteiger partial charge in [-0.15, -0.1) is 0 Å². The zero-order chi connectivity index (χ0) is 11.1. The molecule has 1 rings (SSSR count). The molecule has 15 heavy (non-hydrogen) atoms. The van der Waals surface area contributed by atoms with Crippen LogP contribution in [0.5, 0.6) is 5.75 Å². The summed E-state index contributed by atoms with van der Waals surface area (Å²) < 4.78 is 5.16. The first kappa shape index (κ1) is 11.0. The number of allylic oxidation sites excluding steroid dienone is 2. The van der Waals surface area contributed by atoms with Crippen LogP contribution in [-0.2, 0) is 4.79 Å². The van der Waals surface area contributed by atoms with Crippen LogP contribution in [0.15, 0.2) is 42.5 Å². The highest BCUT2D eigenvalue weighted by molar-refractivity contribution is 5.86. The maximum atomic E-state index is 10.4. The number of primary amides is 1. The van der Waals surface area contributed by atoms with Crippen molar-refractivity contribution in [3.05, 3.63) is 48.1 Å². The average molecular weight is 203 g/mol. The Morgan fingerprint density at radius 1 is 1.33 bits per heavy atom. The second-order valence-corrected chi connectivity index (χ2v) is 2.86. The first-order chi connectivity index (χ1) is 7.24. The predicted molar refractivity (Wildman–Crippen MR) is 60.4 cm³/mol. The van der Waals surface area contributed by atoms with E-state index >= 15 is 0 Å². The molecule has 3 nitrogen and oxygen atoms in total. The van der Waals surface area contributed by atoms with Crippen LogP contribution in [-0.4, -0.2) is 13.0 Å². The average Bonchev–Trinajstić information content (AvgIpc) is 2.24. The predicted octanol–water partition coefficient (Wildman–Crippen LogP) is 1.75. The number of amides is 1. The Morgan fingerprint density at radius 3 is 2.73 bits per heavy atom. The quantitative estimate of drug-likeness (QED) is 0.598. The van der Waals surface area contributed by atoms with E-state index in [1.807, 2.05) is 30.3 Å². The molecule has 0 aliphatic rings. The number of nitrogens with two attached hydrogens (primary N) is 1. The first-order valence-corrected chi connectivity index (χ1v) is 4.51. The maximum absolute atomic E-state index is 10.4. The van der Waals surface area contributed by atoms with Crippen LogP contribution in [0.2, 0.25) is 0 Å². The van der Waals surface area contributed by atoms with Gasteiger partial charge in [-0.1, -0.05) is 36.4 Å². The van der Waals surface area contributed by atoms with Crippen LogP contribution >= 0.6 is 0 Å². The Labute approximate surface area is 88.9 Å². The lowest BCUT2D eigenvalue weighted by atomic mass is 10.2. The van der Waals surface area contributed by atoms with Gasteiger partial charge in [0.2, 0.25) is 5.91 Å². The summed E-state index contributed by atoms with van der Waals surface area (Å²) in [7, 11) is 1.62. The van der Waals surface area contributed by atoms with Gasteiger partial charge in [0.1, 0.15) is 5.75 Å². The molecule has 0 atom stereocenters. The van der Waals surface area contributed by atoms with Gasteiger partial charge in [0.05, 0.1) is 7.11 Å². The second kappa shape index (κ2) is 5.65. The number of methoxy groups -OCH3 is 1. The number of carbonyl (C=O) groups is 1. The van der Waals surface area contributed by atoms with E-state index < -0.39 is 5.91 Å². The molecular weight excluding hydrogens is 190 g/mol. The van der Waals surface area contributed by atoms with Crippen molar-refractivity contribution in [2.45, 2.75) is 0 Å². The van der Waals surface area contributed by atoms with Crippen molar-refractivity contribution in [1.82, 2.24) is 0 Å². The van der Waals surface area contributed by atoms with Crippen molar-refractivity contribution < 1.29 is 9.53 Å². The van der Waals surface area contributed by atoms with Crippen molar-refractivity contribution in [2.75, 3.05) is 7.11 Å². The largest absolute Gasteiger partial charge is 0.496 e. The number of benzene rings is 1. The Hall–Kier alpha value is -2.03. The lowest BCUT2D eigenvalue weighted by molar-refractivity contribution is -0.113. The van der Waals surface area contributed by atoms with Crippen molar-refractivity contribution in [1.29, 1.82) is 0 Å². The monoisotopic (exact) mass is 203 g/mol. The molecule has 0 unspecified atom stereocenters. The summed E-state index contributed by atoms with van der Waals surface area (Å²) in [5.74, 6) is 0.334. The summed E-state index contributed by atoms with van der Waals surface area (Å²) in [5, 5.41) is 0. The molecule has 2 N–H and O–H groups in total. The van der Waals surface area contributed by atoms with Crippen molar-refractivity contribution in [2.24, 2.45) is 5.73 Å². The SMILES string of the molecule is COc1ccccc1/C=C/C=C\C(N)=O. The van der Waals surface area contributed by atoms with Crippen LogP contribution in [0.25, 0.3) is 6.08 Å². The van der Waals surface area contributed by atoms with E-state index in [0.29, 0.717) is 0 Å². The summed E-state index contributed by atoms with van der Waals surface area (Å²) in [6, 6.07) is 7.61. The third-order valence-electron chi connectivity index (χ3n) is 1.79. The summed E-state index contributed by atoms with van der Waals surface area (Å²) in [4.78, 5) is 10.4. The fourth-order valence-electron chi connectivity index (χ4n) is 1.11. The Bertz CT molecular complexity index is 394. The number of carbonyl (C=O) groups excluding carboxylic acids is 1. The molecule has 1 aromatic carbocycles. The molecule has 0 aliphatic heterocycles. The van der Waals surface area contributed by atoms with Gasteiger partial charge in [0, 0.05) is 11.6 Å². The molecule has 0 aliphatic carbocycles. The van der Waals surface area contributed by atoms with E-state index in [9.17, 15) is 4.79 Å². The molecule has 0 radical (unpaired) electrons. The standard InChI is InChI=1S/C12H13NO2/c1-15-11-8-4-2-6-10(11)7-3-5-9-12(13)14/h2-9H,1H3,(H2,13,14)/b7-3+,9-5-. The third kappa shape index (κ3) is 3.68. The Kier molecular flexibility index (Phi) is 4.16. The molecule has 1 amide bonds. The Morgan fingerprint density at radius 2 is 2.07 bits per heavy atom. The minimum Gasteiger partial charge on any atom is -0.496 e. The third-order valence-corrected chi connectivity index (χ3v) is 1.79. The van der Waals surface area contributed by atoms with Gasteiger partial charge < -0.3 is 10.5 Å². The van der Waals surface area contributed by atoms with Gasteiger partial charge in [-0.25, -0.2) is 0 Å². The van der Waals surface area contributed by atoms with Gasteiger partial charge in [0.25, 0.3) is 0 Å². The molecule has 0 heterocycles. The topological polar surface area (TPSA) is 52.3 Å². The fourth-order valence-corrected chi connectivity index (χ4v) is 1.11. The fraction of sp³-hybridized carbons (Fsp3) is 0.0833.